The highest BCUT2D eigenvalue weighted by Gasteiger charge is 2.28. The Morgan fingerprint density at radius 1 is 1.05 bits per heavy atom. The number of hydrogen-bond donors (Lipinski definition) is 3. The second kappa shape index (κ2) is 12.0. The lowest BCUT2D eigenvalue weighted by Gasteiger charge is -2.30. The van der Waals surface area contributed by atoms with Gasteiger partial charge in [0, 0.05) is 31.7 Å². The van der Waals surface area contributed by atoms with Gasteiger partial charge in [0.25, 0.3) is 6.43 Å². The molecule has 2 saturated heterocycles. The Kier molecular flexibility index (Phi) is 8.05. The molecule has 3 fully saturated rings. The molecular weight excluding hydrogens is 518 g/mol. The molecule has 2 aliphatic heterocycles. The number of aromatic nitrogens is 4. The fraction of sp³-hybridized carbons (Fsp3) is 0.571. The maximum atomic E-state index is 14.1. The number of benzene rings is 1. The molecular formula is C28H36F2N8O2. The van der Waals surface area contributed by atoms with Crippen LogP contribution in [0.15, 0.2) is 30.3 Å². The number of halogens is 2. The van der Waals surface area contributed by atoms with Gasteiger partial charge in [-0.05, 0) is 63.1 Å². The number of imidazole rings is 1. The summed E-state index contributed by atoms with van der Waals surface area (Å²) in [5.41, 5.74) is 1.06. The molecule has 40 heavy (non-hydrogen) atoms. The summed E-state index contributed by atoms with van der Waals surface area (Å²) in [6.45, 7) is 4.06. The summed E-state index contributed by atoms with van der Waals surface area (Å²) >= 11 is 0. The zero-order chi connectivity index (χ0) is 27.5. The van der Waals surface area contributed by atoms with E-state index in [0.29, 0.717) is 67.4 Å². The summed E-state index contributed by atoms with van der Waals surface area (Å²) < 4.78 is 35.1. The topological polar surface area (TPSA) is 109 Å². The minimum Gasteiger partial charge on any atom is -0.378 e. The number of nitrogens with zero attached hydrogens (tertiary/aromatic N) is 5. The molecule has 0 bridgehead atoms. The number of para-hydroxylation sites is 2. The fourth-order valence-electron chi connectivity index (χ4n) is 5.96. The first-order chi connectivity index (χ1) is 19.5. The third kappa shape index (κ3) is 5.87. The zero-order valence-electron chi connectivity index (χ0n) is 22.5. The second-order valence-corrected chi connectivity index (χ2v) is 10.9. The van der Waals surface area contributed by atoms with Crippen LogP contribution in [-0.2, 0) is 9.53 Å². The van der Waals surface area contributed by atoms with Crippen molar-refractivity contribution in [3.63, 3.8) is 0 Å². The number of nitrogens with one attached hydrogen (secondary N) is 3. The molecule has 3 aromatic rings. The number of carbonyl (C=O) groups is 1. The van der Waals surface area contributed by atoms with Crippen molar-refractivity contribution >= 4 is 28.7 Å². The van der Waals surface area contributed by atoms with Crippen molar-refractivity contribution < 1.29 is 18.3 Å². The summed E-state index contributed by atoms with van der Waals surface area (Å²) in [7, 11) is 0. The molecule has 2 aromatic heterocycles. The van der Waals surface area contributed by atoms with Gasteiger partial charge in [-0.3, -0.25) is 9.36 Å². The SMILES string of the molecule is O=C(N[C@H]1CC[C@H](CNc2nc(N3CCOCC3)cc(-n3c(C(F)F)nc4ccccc43)n2)CC1)[C@@H]1CCCN1. The van der Waals surface area contributed by atoms with Crippen molar-refractivity contribution in [2.24, 2.45) is 5.92 Å². The molecule has 3 aliphatic rings. The number of morpholine rings is 1. The average Bonchev–Trinajstić information content (AvgIpc) is 3.66. The van der Waals surface area contributed by atoms with Crippen molar-refractivity contribution in [2.45, 2.75) is 57.0 Å². The monoisotopic (exact) mass is 554 g/mol. The molecule has 0 spiro atoms. The standard InChI is InChI=1S/C28H36F2N8O2/c29-25(30)26-34-20-4-1-2-6-22(20)38(26)24-16-23(37-12-14-40-15-13-37)35-28(36-24)32-17-18-7-9-19(10-8-18)33-27(39)21-5-3-11-31-21/h1-2,4,6,16,18-19,21,25,31H,3,5,7-15,17H2,(H,33,39)(H,32,35,36)/t18-,19-,21-/m0/s1. The molecule has 10 nitrogen and oxygen atoms in total. The van der Waals surface area contributed by atoms with E-state index in [9.17, 15) is 13.6 Å². The number of amides is 1. The average molecular weight is 555 g/mol. The van der Waals surface area contributed by atoms with Crippen LogP contribution in [0.5, 0.6) is 0 Å². The number of carbonyl (C=O) groups excluding carboxylic acids is 1. The normalized spacial score (nSPS) is 23.6. The quantitative estimate of drug-likeness (QED) is 0.389. The molecule has 1 amide bonds. The van der Waals surface area contributed by atoms with Crippen LogP contribution < -0.4 is 20.9 Å². The molecule has 3 N–H and O–H groups in total. The molecule has 1 aromatic carbocycles. The zero-order valence-corrected chi connectivity index (χ0v) is 22.5. The van der Waals surface area contributed by atoms with Crippen LogP contribution in [0.3, 0.4) is 0 Å². The van der Waals surface area contributed by atoms with Crippen molar-refractivity contribution in [1.82, 2.24) is 30.2 Å². The highest BCUT2D eigenvalue weighted by Crippen LogP contribution is 2.30. The van der Waals surface area contributed by atoms with Crippen LogP contribution in [0.1, 0.15) is 50.8 Å². The first-order valence-electron chi connectivity index (χ1n) is 14.3. The predicted octanol–water partition coefficient (Wildman–Crippen LogP) is 3.43. The summed E-state index contributed by atoms with van der Waals surface area (Å²) in [6.07, 6.45) is 3.03. The van der Waals surface area contributed by atoms with Crippen molar-refractivity contribution in [3.8, 4) is 5.82 Å². The lowest BCUT2D eigenvalue weighted by atomic mass is 9.86. The lowest BCUT2D eigenvalue weighted by molar-refractivity contribution is -0.123. The molecule has 0 unspecified atom stereocenters. The van der Waals surface area contributed by atoms with Gasteiger partial charge in [0.1, 0.15) is 11.6 Å². The minimum absolute atomic E-state index is 0.0531. The Labute approximate surface area is 231 Å². The molecule has 4 heterocycles. The van der Waals surface area contributed by atoms with Gasteiger partial charge in [0.15, 0.2) is 5.82 Å². The van der Waals surface area contributed by atoms with E-state index in [1.54, 1.807) is 24.3 Å². The molecule has 1 atom stereocenters. The first-order valence-corrected chi connectivity index (χ1v) is 14.3. The van der Waals surface area contributed by atoms with E-state index in [0.717, 1.165) is 45.1 Å². The van der Waals surface area contributed by atoms with Gasteiger partial charge in [-0.25, -0.2) is 13.8 Å². The number of alkyl halides is 2. The Morgan fingerprint density at radius 2 is 1.82 bits per heavy atom. The van der Waals surface area contributed by atoms with Crippen LogP contribution >= 0.6 is 0 Å². The first kappa shape index (κ1) is 26.8. The summed E-state index contributed by atoms with van der Waals surface area (Å²) in [5.74, 6) is 1.61. The molecule has 1 saturated carbocycles. The Balaban J connectivity index is 1.18. The van der Waals surface area contributed by atoms with E-state index in [2.05, 4.69) is 25.8 Å². The highest BCUT2D eigenvalue weighted by molar-refractivity contribution is 5.82. The van der Waals surface area contributed by atoms with Crippen LogP contribution in [0.2, 0.25) is 0 Å². The Hall–Kier alpha value is -3.38. The molecule has 12 heteroatoms. The second-order valence-electron chi connectivity index (χ2n) is 10.9. The third-order valence-electron chi connectivity index (χ3n) is 8.16. The van der Waals surface area contributed by atoms with E-state index < -0.39 is 6.43 Å². The predicted molar refractivity (Wildman–Crippen MR) is 148 cm³/mol. The van der Waals surface area contributed by atoms with Crippen LogP contribution in [0.25, 0.3) is 16.9 Å². The highest BCUT2D eigenvalue weighted by atomic mass is 19.3. The summed E-state index contributed by atoms with van der Waals surface area (Å²) in [5, 5.41) is 9.88. The summed E-state index contributed by atoms with van der Waals surface area (Å²) in [4.78, 5) is 28.2. The lowest BCUT2D eigenvalue weighted by Crippen LogP contribution is -2.46. The fourth-order valence-corrected chi connectivity index (χ4v) is 5.96. The smallest absolute Gasteiger partial charge is 0.296 e. The van der Waals surface area contributed by atoms with E-state index >= 15 is 0 Å². The van der Waals surface area contributed by atoms with Crippen molar-refractivity contribution in [1.29, 1.82) is 0 Å². The van der Waals surface area contributed by atoms with Crippen LogP contribution in [0, 0.1) is 5.92 Å². The maximum Gasteiger partial charge on any atom is 0.296 e. The van der Waals surface area contributed by atoms with Gasteiger partial charge in [-0.1, -0.05) is 12.1 Å². The third-order valence-corrected chi connectivity index (χ3v) is 8.16. The van der Waals surface area contributed by atoms with Gasteiger partial charge in [0.05, 0.1) is 30.3 Å². The number of hydrogen-bond acceptors (Lipinski definition) is 8. The Bertz CT molecular complexity index is 1310. The number of rotatable bonds is 8. The molecule has 214 valence electrons. The van der Waals surface area contributed by atoms with E-state index in [-0.39, 0.29) is 23.8 Å². The van der Waals surface area contributed by atoms with Crippen molar-refractivity contribution in [2.75, 3.05) is 49.6 Å². The van der Waals surface area contributed by atoms with Gasteiger partial charge in [-0.15, -0.1) is 0 Å². The maximum absolute atomic E-state index is 14.1. The number of ether oxygens (including phenoxy) is 1. The molecule has 6 rings (SSSR count). The van der Waals surface area contributed by atoms with Gasteiger partial charge in [0.2, 0.25) is 11.9 Å². The molecule has 1 aliphatic carbocycles. The number of anilines is 2. The number of fused-ring (bicyclic) bond motifs is 1. The van der Waals surface area contributed by atoms with Crippen LogP contribution in [0.4, 0.5) is 20.5 Å². The van der Waals surface area contributed by atoms with Gasteiger partial charge >= 0.3 is 0 Å². The largest absolute Gasteiger partial charge is 0.378 e. The van der Waals surface area contributed by atoms with E-state index in [4.69, 9.17) is 14.7 Å². The minimum atomic E-state index is -2.76. The van der Waals surface area contributed by atoms with Crippen LogP contribution in [-0.4, -0.2) is 76.9 Å². The van der Waals surface area contributed by atoms with Gasteiger partial charge < -0.3 is 25.6 Å². The van der Waals surface area contributed by atoms with E-state index in [1.165, 1.54) is 4.57 Å². The van der Waals surface area contributed by atoms with Crippen molar-refractivity contribution in [3.05, 3.63) is 36.2 Å². The Morgan fingerprint density at radius 3 is 2.58 bits per heavy atom. The molecule has 0 radical (unpaired) electrons. The summed E-state index contributed by atoms with van der Waals surface area (Å²) in [6, 6.07) is 9.00. The van der Waals surface area contributed by atoms with Gasteiger partial charge in [-0.2, -0.15) is 9.97 Å². The van der Waals surface area contributed by atoms with E-state index in [1.807, 2.05) is 6.07 Å².